The molecule has 1 aromatic carbocycles. The highest BCUT2D eigenvalue weighted by Crippen LogP contribution is 2.66. The quantitative estimate of drug-likeness (QED) is 0.555. The van der Waals surface area contributed by atoms with Gasteiger partial charge in [0.15, 0.2) is 0 Å². The first kappa shape index (κ1) is 11.9. The first-order valence-electron chi connectivity index (χ1n) is 4.26. The van der Waals surface area contributed by atoms with Gasteiger partial charge in [0.2, 0.25) is 0 Å². The lowest BCUT2D eigenvalue weighted by Crippen LogP contribution is -1.89. The summed E-state index contributed by atoms with van der Waals surface area (Å²) < 4.78 is -0.338. The predicted octanol–water partition coefficient (Wildman–Crippen LogP) is 4.39. The van der Waals surface area contributed by atoms with Crippen LogP contribution in [0.3, 0.4) is 0 Å². The van der Waals surface area contributed by atoms with Crippen molar-refractivity contribution in [2.24, 2.45) is 5.92 Å². The van der Waals surface area contributed by atoms with Crippen molar-refractivity contribution in [2.75, 3.05) is 0 Å². The molecule has 2 unspecified atom stereocenters. The summed E-state index contributed by atoms with van der Waals surface area (Å²) in [5.74, 6) is 0.0123. The number of carbonyl (C=O) groups is 1. The lowest BCUT2D eigenvalue weighted by Gasteiger charge is -2.02. The highest BCUT2D eigenvalue weighted by Gasteiger charge is 2.62. The molecular formula is C10H6Br2Cl2O. The molecule has 2 rings (SSSR count). The van der Waals surface area contributed by atoms with Gasteiger partial charge in [-0.05, 0) is 23.8 Å². The van der Waals surface area contributed by atoms with Crippen molar-refractivity contribution < 1.29 is 4.79 Å². The third-order valence-corrected chi connectivity index (χ3v) is 4.98. The average Bonchev–Trinajstić information content (AvgIpc) is 2.66. The van der Waals surface area contributed by atoms with Crippen LogP contribution >= 0.6 is 55.1 Å². The molecule has 0 heterocycles. The van der Waals surface area contributed by atoms with Crippen molar-refractivity contribution in [3.8, 4) is 0 Å². The van der Waals surface area contributed by atoms with Crippen LogP contribution in [0.15, 0.2) is 18.2 Å². The number of rotatable bonds is 2. The first-order valence-corrected chi connectivity index (χ1v) is 6.60. The van der Waals surface area contributed by atoms with E-state index < -0.39 is 0 Å². The minimum absolute atomic E-state index is 0.0768. The number of halogens is 4. The van der Waals surface area contributed by atoms with E-state index in [0.717, 1.165) is 11.8 Å². The number of alkyl halides is 2. The Kier molecular flexibility index (Phi) is 3.19. The maximum atomic E-state index is 10.8. The zero-order valence-electron chi connectivity index (χ0n) is 7.38. The summed E-state index contributed by atoms with van der Waals surface area (Å²) >= 11 is 18.7. The molecule has 0 N–H and O–H groups in total. The van der Waals surface area contributed by atoms with Crippen molar-refractivity contribution >= 4 is 61.3 Å². The van der Waals surface area contributed by atoms with E-state index >= 15 is 0 Å². The van der Waals surface area contributed by atoms with Crippen molar-refractivity contribution in [3.63, 3.8) is 0 Å². The monoisotopic (exact) mass is 370 g/mol. The van der Waals surface area contributed by atoms with Gasteiger partial charge >= 0.3 is 0 Å². The number of carbonyl (C=O) groups excluding carboxylic acids is 1. The molecular weight excluding hydrogens is 367 g/mol. The first-order chi connectivity index (χ1) is 6.96. The van der Waals surface area contributed by atoms with Gasteiger partial charge in [0.05, 0.1) is 3.23 Å². The number of hydrogen-bond donors (Lipinski definition) is 0. The molecule has 5 heteroatoms. The Hall–Kier alpha value is 0.430. The molecule has 0 saturated heterocycles. The molecule has 1 aromatic rings. The molecule has 0 aromatic heterocycles. The second-order valence-electron chi connectivity index (χ2n) is 3.52. The standard InChI is InChI=1S/C10H6Br2Cl2O/c11-10(12)8(4-15)9(10)5-1-6(13)3-7(14)2-5/h1-4,8-9H. The Morgan fingerprint density at radius 2 is 1.73 bits per heavy atom. The van der Waals surface area contributed by atoms with Crippen molar-refractivity contribution in [1.29, 1.82) is 0 Å². The van der Waals surface area contributed by atoms with Crippen LogP contribution in [-0.4, -0.2) is 9.52 Å². The molecule has 0 spiro atoms. The van der Waals surface area contributed by atoms with Crippen LogP contribution < -0.4 is 0 Å². The van der Waals surface area contributed by atoms with E-state index in [4.69, 9.17) is 23.2 Å². The zero-order chi connectivity index (χ0) is 11.2. The van der Waals surface area contributed by atoms with Gasteiger partial charge in [-0.3, -0.25) is 0 Å². The van der Waals surface area contributed by atoms with Crippen LogP contribution in [0.25, 0.3) is 0 Å². The third-order valence-electron chi connectivity index (χ3n) is 2.50. The molecule has 1 aliphatic rings. The van der Waals surface area contributed by atoms with Crippen LogP contribution in [0.5, 0.6) is 0 Å². The van der Waals surface area contributed by atoms with E-state index in [2.05, 4.69) is 31.9 Å². The lowest BCUT2D eigenvalue weighted by molar-refractivity contribution is -0.108. The van der Waals surface area contributed by atoms with E-state index in [0.29, 0.717) is 10.0 Å². The summed E-state index contributed by atoms with van der Waals surface area (Å²) in [6.07, 6.45) is 0.934. The summed E-state index contributed by atoms with van der Waals surface area (Å²) in [6, 6.07) is 5.34. The summed E-state index contributed by atoms with van der Waals surface area (Å²) in [6.45, 7) is 0. The topological polar surface area (TPSA) is 17.1 Å². The predicted molar refractivity (Wildman–Crippen MR) is 69.3 cm³/mol. The van der Waals surface area contributed by atoms with Gasteiger partial charge in [0.25, 0.3) is 0 Å². The SMILES string of the molecule is O=CC1C(c2cc(Cl)cc(Cl)c2)C1(Br)Br. The van der Waals surface area contributed by atoms with E-state index in [1.54, 1.807) is 6.07 Å². The van der Waals surface area contributed by atoms with E-state index in [1.165, 1.54) is 0 Å². The Bertz CT molecular complexity index is 400. The molecule has 1 fully saturated rings. The van der Waals surface area contributed by atoms with Crippen LogP contribution in [0.1, 0.15) is 11.5 Å². The van der Waals surface area contributed by atoms with E-state index in [1.807, 2.05) is 12.1 Å². The van der Waals surface area contributed by atoms with Gasteiger partial charge in [-0.1, -0.05) is 55.1 Å². The summed E-state index contributed by atoms with van der Waals surface area (Å²) in [5.41, 5.74) is 0.971. The smallest absolute Gasteiger partial charge is 0.126 e. The Morgan fingerprint density at radius 1 is 1.20 bits per heavy atom. The van der Waals surface area contributed by atoms with E-state index in [-0.39, 0.29) is 15.1 Å². The summed E-state index contributed by atoms with van der Waals surface area (Å²) in [5, 5.41) is 1.18. The Balaban J connectivity index is 2.36. The van der Waals surface area contributed by atoms with Crippen LogP contribution in [0.2, 0.25) is 10.0 Å². The van der Waals surface area contributed by atoms with Crippen molar-refractivity contribution in [3.05, 3.63) is 33.8 Å². The molecule has 0 radical (unpaired) electrons. The fraction of sp³-hybridized carbons (Fsp3) is 0.300. The van der Waals surface area contributed by atoms with Crippen molar-refractivity contribution in [2.45, 2.75) is 9.15 Å². The van der Waals surface area contributed by atoms with Gasteiger partial charge < -0.3 is 4.79 Å². The molecule has 2 atom stereocenters. The second-order valence-corrected chi connectivity index (χ2v) is 8.08. The van der Waals surface area contributed by atoms with Crippen LogP contribution in [-0.2, 0) is 4.79 Å². The van der Waals surface area contributed by atoms with Crippen LogP contribution in [0, 0.1) is 5.92 Å². The molecule has 80 valence electrons. The van der Waals surface area contributed by atoms with Gasteiger partial charge in [0.1, 0.15) is 6.29 Å². The molecule has 1 nitrogen and oxygen atoms in total. The second kappa shape index (κ2) is 4.02. The molecule has 1 aliphatic carbocycles. The number of hydrogen-bond acceptors (Lipinski definition) is 1. The third kappa shape index (κ3) is 2.12. The van der Waals surface area contributed by atoms with Crippen molar-refractivity contribution in [1.82, 2.24) is 0 Å². The lowest BCUT2D eigenvalue weighted by atomic mass is 10.1. The van der Waals surface area contributed by atoms with Gasteiger partial charge in [-0.15, -0.1) is 0 Å². The highest BCUT2D eigenvalue weighted by atomic mass is 79.9. The van der Waals surface area contributed by atoms with Gasteiger partial charge in [0, 0.05) is 21.9 Å². The van der Waals surface area contributed by atoms with Crippen LogP contribution in [0.4, 0.5) is 0 Å². The summed E-state index contributed by atoms with van der Waals surface area (Å²) in [7, 11) is 0. The fourth-order valence-electron chi connectivity index (χ4n) is 1.70. The molecule has 0 aliphatic heterocycles. The molecule has 0 amide bonds. The normalized spacial score (nSPS) is 27.5. The minimum atomic E-state index is -0.338. The van der Waals surface area contributed by atoms with E-state index in [9.17, 15) is 4.79 Å². The molecule has 0 bridgehead atoms. The highest BCUT2D eigenvalue weighted by molar-refractivity contribution is 9.25. The molecule has 1 saturated carbocycles. The Morgan fingerprint density at radius 3 is 2.13 bits per heavy atom. The van der Waals surface area contributed by atoms with Gasteiger partial charge in [-0.25, -0.2) is 0 Å². The average molecular weight is 373 g/mol. The number of benzene rings is 1. The van der Waals surface area contributed by atoms with Gasteiger partial charge in [-0.2, -0.15) is 0 Å². The molecule has 15 heavy (non-hydrogen) atoms. The maximum Gasteiger partial charge on any atom is 0.126 e. The fourth-order valence-corrected chi connectivity index (χ4v) is 3.83. The summed E-state index contributed by atoms with van der Waals surface area (Å²) in [4.78, 5) is 10.8. The minimum Gasteiger partial charge on any atom is -0.303 e. The maximum absolute atomic E-state index is 10.8. The largest absolute Gasteiger partial charge is 0.303 e. The number of aldehydes is 1. The zero-order valence-corrected chi connectivity index (χ0v) is 12.1. The Labute approximate surface area is 114 Å².